The summed E-state index contributed by atoms with van der Waals surface area (Å²) in [6.07, 6.45) is -1.67. The molecular weight excluding hydrogens is 468 g/mol. The van der Waals surface area contributed by atoms with Gasteiger partial charge in [0, 0.05) is 30.8 Å². The van der Waals surface area contributed by atoms with Gasteiger partial charge < -0.3 is 9.88 Å². The second-order valence-electron chi connectivity index (χ2n) is 8.30. The van der Waals surface area contributed by atoms with Crippen molar-refractivity contribution in [1.29, 1.82) is 0 Å². The summed E-state index contributed by atoms with van der Waals surface area (Å²) in [5.74, 6) is -0.511. The molecule has 0 aliphatic heterocycles. The van der Waals surface area contributed by atoms with E-state index in [0.29, 0.717) is 18.4 Å². The minimum absolute atomic E-state index is 0.00504. The number of rotatable bonds is 9. The molecule has 0 fully saturated rings. The van der Waals surface area contributed by atoms with Gasteiger partial charge in [-0.1, -0.05) is 54.6 Å². The molecule has 0 saturated carbocycles. The lowest BCUT2D eigenvalue weighted by atomic mass is 10.1. The first-order valence-electron chi connectivity index (χ1n) is 11.3. The molecule has 4 aromatic rings. The van der Waals surface area contributed by atoms with Crippen LogP contribution >= 0.6 is 0 Å². The summed E-state index contributed by atoms with van der Waals surface area (Å²) in [6.45, 7) is 0.524. The Hall–Kier alpha value is -4.40. The number of fused-ring (bicyclic) bond motifs is 1. The van der Waals surface area contributed by atoms with Crippen molar-refractivity contribution in [3.63, 3.8) is 0 Å². The summed E-state index contributed by atoms with van der Waals surface area (Å²) < 4.78 is 27.2. The molecule has 0 atom stereocenters. The van der Waals surface area contributed by atoms with E-state index in [2.05, 4.69) is 5.32 Å². The quantitative estimate of drug-likeness (QED) is 0.262. The van der Waals surface area contributed by atoms with Gasteiger partial charge in [0.1, 0.15) is 5.56 Å². The molecule has 1 heterocycles. The summed E-state index contributed by atoms with van der Waals surface area (Å²) in [7, 11) is 0. The molecule has 7 nitrogen and oxygen atoms in total. The number of hydrogen-bond donors (Lipinski definition) is 1. The molecule has 184 valence electrons. The first-order valence-corrected chi connectivity index (χ1v) is 11.3. The average Bonchev–Trinajstić information content (AvgIpc) is 2.88. The number of para-hydroxylation sites is 1. The molecule has 1 aromatic heterocycles. The molecule has 0 bridgehead atoms. The van der Waals surface area contributed by atoms with Gasteiger partial charge in [0.25, 0.3) is 23.6 Å². The molecule has 36 heavy (non-hydrogen) atoms. The third-order valence-electron chi connectivity index (χ3n) is 5.95. The Bertz CT molecular complexity index is 1450. The predicted molar refractivity (Wildman–Crippen MR) is 132 cm³/mol. The number of pyridine rings is 1. The zero-order valence-corrected chi connectivity index (χ0v) is 19.2. The highest BCUT2D eigenvalue weighted by atomic mass is 19.3. The van der Waals surface area contributed by atoms with Crippen molar-refractivity contribution >= 4 is 22.5 Å². The van der Waals surface area contributed by atoms with Gasteiger partial charge in [0.2, 0.25) is 0 Å². The normalized spacial score (nSPS) is 11.1. The number of nitro benzene ring substituents is 1. The van der Waals surface area contributed by atoms with Crippen LogP contribution in [0.4, 0.5) is 14.5 Å². The highest BCUT2D eigenvalue weighted by molar-refractivity contribution is 5.97. The molecule has 0 aliphatic carbocycles. The maximum atomic E-state index is 13.3. The molecule has 9 heteroatoms. The van der Waals surface area contributed by atoms with E-state index in [0.717, 1.165) is 16.5 Å². The summed E-state index contributed by atoms with van der Waals surface area (Å²) in [4.78, 5) is 36.5. The molecular formula is C27H23F2N3O4. The van der Waals surface area contributed by atoms with E-state index in [1.807, 2.05) is 12.1 Å². The van der Waals surface area contributed by atoms with E-state index >= 15 is 0 Å². The van der Waals surface area contributed by atoms with Crippen LogP contribution in [0.5, 0.6) is 0 Å². The Kier molecular flexibility index (Phi) is 7.48. The van der Waals surface area contributed by atoms with Crippen LogP contribution < -0.4 is 10.9 Å². The Morgan fingerprint density at radius 2 is 1.58 bits per heavy atom. The number of nitrogens with zero attached hydrogens (tertiary/aromatic N) is 2. The minimum Gasteiger partial charge on any atom is -0.352 e. The maximum absolute atomic E-state index is 13.3. The van der Waals surface area contributed by atoms with Crippen LogP contribution in [0.15, 0.2) is 83.7 Å². The number of aryl methyl sites for hydroxylation is 2. The number of carbonyl (C=O) groups excluding carboxylic acids is 1. The molecule has 3 aromatic carbocycles. The smallest absolute Gasteiger partial charge is 0.269 e. The number of alkyl halides is 2. The van der Waals surface area contributed by atoms with E-state index in [4.69, 9.17) is 0 Å². The molecule has 1 amide bonds. The van der Waals surface area contributed by atoms with Crippen LogP contribution in [0.25, 0.3) is 10.9 Å². The highest BCUT2D eigenvalue weighted by Gasteiger charge is 2.16. The third kappa shape index (κ3) is 5.63. The second-order valence-corrected chi connectivity index (χ2v) is 8.30. The van der Waals surface area contributed by atoms with Crippen LogP contribution in [0.3, 0.4) is 0 Å². The zero-order valence-electron chi connectivity index (χ0n) is 19.2. The number of benzene rings is 3. The monoisotopic (exact) mass is 491 g/mol. The van der Waals surface area contributed by atoms with Crippen molar-refractivity contribution in [2.24, 2.45) is 0 Å². The number of carbonyl (C=O) groups is 1. The number of amides is 1. The lowest BCUT2D eigenvalue weighted by Crippen LogP contribution is -2.34. The van der Waals surface area contributed by atoms with Crippen LogP contribution in [0.2, 0.25) is 0 Å². The van der Waals surface area contributed by atoms with Gasteiger partial charge in [-0.15, -0.1) is 0 Å². The predicted octanol–water partition coefficient (Wildman–Crippen LogP) is 5.06. The molecule has 0 radical (unpaired) electrons. The van der Waals surface area contributed by atoms with Crippen molar-refractivity contribution in [3.05, 3.63) is 122 Å². The molecule has 0 saturated heterocycles. The van der Waals surface area contributed by atoms with Crippen LogP contribution in [-0.4, -0.2) is 21.9 Å². The van der Waals surface area contributed by atoms with Crippen molar-refractivity contribution in [1.82, 2.24) is 9.88 Å². The van der Waals surface area contributed by atoms with Gasteiger partial charge in [-0.25, -0.2) is 8.78 Å². The average molecular weight is 491 g/mol. The third-order valence-corrected chi connectivity index (χ3v) is 5.95. The van der Waals surface area contributed by atoms with Crippen LogP contribution in [0, 0.1) is 10.1 Å². The standard InChI is InChI=1S/C27H23F2N3O4/c28-25(29)20-9-5-19(6-10-20)14-16-31-24-4-2-1-3-21(24)17-23(27(31)34)26(33)30-15-13-18-7-11-22(12-8-18)32(35)36/h1-12,17,25H,13-16H2,(H,30,33). The second kappa shape index (κ2) is 10.9. The number of nitrogens with one attached hydrogen (secondary N) is 1. The Morgan fingerprint density at radius 3 is 2.25 bits per heavy atom. The van der Waals surface area contributed by atoms with Gasteiger partial charge in [-0.2, -0.15) is 0 Å². The van der Waals surface area contributed by atoms with Crippen molar-refractivity contribution in [2.75, 3.05) is 6.54 Å². The van der Waals surface area contributed by atoms with E-state index < -0.39 is 22.8 Å². The Labute approximate surface area is 205 Å². The number of non-ortho nitro benzene ring substituents is 1. The van der Waals surface area contributed by atoms with Gasteiger partial charge >= 0.3 is 0 Å². The van der Waals surface area contributed by atoms with E-state index in [9.17, 15) is 28.5 Å². The summed E-state index contributed by atoms with van der Waals surface area (Å²) in [5, 5.41) is 14.3. The van der Waals surface area contributed by atoms with Crippen molar-refractivity contribution in [2.45, 2.75) is 25.8 Å². The van der Waals surface area contributed by atoms with Gasteiger partial charge in [-0.05, 0) is 41.5 Å². The van der Waals surface area contributed by atoms with Crippen molar-refractivity contribution in [3.8, 4) is 0 Å². The molecule has 4 rings (SSSR count). The van der Waals surface area contributed by atoms with Gasteiger partial charge in [0.15, 0.2) is 0 Å². The number of aromatic nitrogens is 1. The molecule has 0 spiro atoms. The molecule has 0 aliphatic rings. The lowest BCUT2D eigenvalue weighted by Gasteiger charge is -2.13. The summed E-state index contributed by atoms with van der Waals surface area (Å²) >= 11 is 0. The van der Waals surface area contributed by atoms with Crippen molar-refractivity contribution < 1.29 is 18.5 Å². The van der Waals surface area contributed by atoms with E-state index in [1.165, 1.54) is 28.8 Å². The topological polar surface area (TPSA) is 94.2 Å². The number of hydrogen-bond acceptors (Lipinski definition) is 4. The SMILES string of the molecule is O=C(NCCc1ccc([N+](=O)[O-])cc1)c1cc2ccccc2n(CCc2ccc(C(F)F)cc2)c1=O. The fourth-order valence-electron chi connectivity index (χ4n) is 3.98. The molecule has 1 N–H and O–H groups in total. The van der Waals surface area contributed by atoms with Gasteiger partial charge in [0.05, 0.1) is 10.4 Å². The lowest BCUT2D eigenvalue weighted by molar-refractivity contribution is -0.384. The van der Waals surface area contributed by atoms with Gasteiger partial charge in [-0.3, -0.25) is 19.7 Å². The fraction of sp³-hybridized carbons (Fsp3) is 0.185. The van der Waals surface area contributed by atoms with Crippen LogP contribution in [-0.2, 0) is 19.4 Å². The van der Waals surface area contributed by atoms with E-state index in [-0.39, 0.29) is 29.9 Å². The molecule has 0 unspecified atom stereocenters. The van der Waals surface area contributed by atoms with E-state index in [1.54, 1.807) is 42.5 Å². The number of nitro groups is 1. The largest absolute Gasteiger partial charge is 0.352 e. The first-order chi connectivity index (χ1) is 17.3. The fourth-order valence-corrected chi connectivity index (χ4v) is 3.98. The van der Waals surface area contributed by atoms with Crippen LogP contribution in [0.1, 0.15) is 33.5 Å². The number of halogens is 2. The summed E-state index contributed by atoms with van der Waals surface area (Å²) in [6, 6.07) is 20.8. The highest BCUT2D eigenvalue weighted by Crippen LogP contribution is 2.20. The zero-order chi connectivity index (χ0) is 25.7. The minimum atomic E-state index is -2.54. The maximum Gasteiger partial charge on any atom is 0.269 e. The Balaban J connectivity index is 1.50. The summed E-state index contributed by atoms with van der Waals surface area (Å²) in [5.41, 5.74) is 1.78. The first kappa shape index (κ1) is 24.7. The Morgan fingerprint density at radius 1 is 0.944 bits per heavy atom.